The van der Waals surface area contributed by atoms with Crippen molar-refractivity contribution in [1.29, 1.82) is 0 Å². The largest absolute Gasteiger partial charge is 0.463 e. The molecule has 0 saturated heterocycles. The molecule has 2 aromatic rings. The van der Waals surface area contributed by atoms with Gasteiger partial charge in [0, 0.05) is 24.1 Å². The van der Waals surface area contributed by atoms with Gasteiger partial charge in [0.15, 0.2) is 11.0 Å². The van der Waals surface area contributed by atoms with Crippen LogP contribution >= 0.6 is 11.8 Å². The molecule has 154 valence electrons. The Balaban J connectivity index is 1.86. The lowest BCUT2D eigenvalue weighted by Gasteiger charge is -2.28. The minimum absolute atomic E-state index is 0.274. The molecule has 1 aromatic heterocycles. The molecule has 0 bridgehead atoms. The smallest absolute Gasteiger partial charge is 0.337 e. The number of amides is 2. The summed E-state index contributed by atoms with van der Waals surface area (Å²) in [7, 11) is 1.90. The van der Waals surface area contributed by atoms with Gasteiger partial charge in [-0.2, -0.15) is 0 Å². The van der Waals surface area contributed by atoms with Gasteiger partial charge in [0.05, 0.1) is 18.2 Å². The summed E-state index contributed by atoms with van der Waals surface area (Å²) in [5.74, 6) is 0.727. The molecule has 2 heterocycles. The molecule has 0 fully saturated rings. The van der Waals surface area contributed by atoms with Gasteiger partial charge in [-0.1, -0.05) is 43.0 Å². The number of benzene rings is 1. The molecule has 3 rings (SSSR count). The summed E-state index contributed by atoms with van der Waals surface area (Å²) in [4.78, 5) is 24.5. The van der Waals surface area contributed by atoms with Crippen LogP contribution < -0.4 is 10.6 Å². The fourth-order valence-electron chi connectivity index (χ4n) is 3.21. The number of aryl methyl sites for hydroxylation is 1. The molecule has 1 aliphatic rings. The zero-order valence-electron chi connectivity index (χ0n) is 17.0. The Hall–Kier alpha value is -2.81. The average molecular weight is 416 g/mol. The highest BCUT2D eigenvalue weighted by molar-refractivity contribution is 7.99. The summed E-state index contributed by atoms with van der Waals surface area (Å²) < 4.78 is 7.11. The van der Waals surface area contributed by atoms with Crippen LogP contribution in [0.15, 0.2) is 40.7 Å². The SMILES string of the molecule is CCOC(=O)C1=C(CSc2nnc(-c3ccccc3C)n2C)NC(=O)N[C@H]1CC. The average Bonchev–Trinajstić information content (AvgIpc) is 3.06. The van der Waals surface area contributed by atoms with Crippen LogP contribution in [0, 0.1) is 6.92 Å². The molecule has 2 amide bonds. The van der Waals surface area contributed by atoms with Crippen LogP contribution in [-0.4, -0.2) is 45.2 Å². The number of rotatable bonds is 7. The number of hydrogen-bond acceptors (Lipinski definition) is 6. The van der Waals surface area contributed by atoms with Crippen molar-refractivity contribution in [2.24, 2.45) is 7.05 Å². The second-order valence-electron chi connectivity index (χ2n) is 6.64. The Bertz CT molecular complexity index is 953. The van der Waals surface area contributed by atoms with Crippen molar-refractivity contribution in [3.05, 3.63) is 41.1 Å². The summed E-state index contributed by atoms with van der Waals surface area (Å²) in [5.41, 5.74) is 3.14. The van der Waals surface area contributed by atoms with Crippen LogP contribution in [0.2, 0.25) is 0 Å². The van der Waals surface area contributed by atoms with E-state index in [1.165, 1.54) is 11.8 Å². The van der Waals surface area contributed by atoms with Gasteiger partial charge >= 0.3 is 12.0 Å². The van der Waals surface area contributed by atoms with Gasteiger partial charge in [-0.05, 0) is 25.8 Å². The van der Waals surface area contributed by atoms with Crippen LogP contribution in [0.5, 0.6) is 0 Å². The van der Waals surface area contributed by atoms with E-state index < -0.39 is 5.97 Å². The first-order valence-corrected chi connectivity index (χ1v) is 10.5. The highest BCUT2D eigenvalue weighted by Gasteiger charge is 2.31. The van der Waals surface area contributed by atoms with Crippen LogP contribution in [0.4, 0.5) is 4.79 Å². The maximum Gasteiger partial charge on any atom is 0.337 e. The molecule has 1 atom stereocenters. The maximum absolute atomic E-state index is 12.5. The van der Waals surface area contributed by atoms with Crippen molar-refractivity contribution in [2.45, 2.75) is 38.4 Å². The number of carbonyl (C=O) groups is 2. The molecule has 1 aromatic carbocycles. The number of nitrogens with one attached hydrogen (secondary N) is 2. The lowest BCUT2D eigenvalue weighted by atomic mass is 10.0. The number of esters is 1. The predicted molar refractivity (Wildman–Crippen MR) is 111 cm³/mol. The fraction of sp³-hybridized carbons (Fsp3) is 0.400. The van der Waals surface area contributed by atoms with E-state index in [0.717, 1.165) is 17.0 Å². The van der Waals surface area contributed by atoms with Crippen LogP contribution in [-0.2, 0) is 16.6 Å². The first-order chi connectivity index (χ1) is 14.0. The minimum atomic E-state index is -0.416. The number of ether oxygens (including phenoxy) is 1. The molecule has 9 heteroatoms. The first-order valence-electron chi connectivity index (χ1n) is 9.52. The van der Waals surface area contributed by atoms with Crippen molar-refractivity contribution in [1.82, 2.24) is 25.4 Å². The van der Waals surface area contributed by atoms with E-state index in [0.29, 0.717) is 28.6 Å². The van der Waals surface area contributed by atoms with Crippen molar-refractivity contribution < 1.29 is 14.3 Å². The second-order valence-corrected chi connectivity index (χ2v) is 7.58. The molecule has 29 heavy (non-hydrogen) atoms. The Labute approximate surface area is 174 Å². The third-order valence-electron chi connectivity index (χ3n) is 4.71. The third kappa shape index (κ3) is 4.45. The zero-order chi connectivity index (χ0) is 21.0. The van der Waals surface area contributed by atoms with E-state index >= 15 is 0 Å². The Kier molecular flexibility index (Phi) is 6.58. The summed E-state index contributed by atoms with van der Waals surface area (Å²) in [6, 6.07) is 7.30. The van der Waals surface area contributed by atoms with E-state index in [1.807, 2.05) is 49.7 Å². The molecule has 0 spiro atoms. The monoisotopic (exact) mass is 415 g/mol. The Morgan fingerprint density at radius 2 is 2.03 bits per heavy atom. The van der Waals surface area contributed by atoms with Crippen LogP contribution in [0.1, 0.15) is 25.8 Å². The molecule has 1 aliphatic heterocycles. The van der Waals surface area contributed by atoms with Crippen molar-refractivity contribution in [3.8, 4) is 11.4 Å². The number of nitrogens with zero attached hydrogens (tertiary/aromatic N) is 3. The molecule has 2 N–H and O–H groups in total. The van der Waals surface area contributed by atoms with Crippen molar-refractivity contribution in [2.75, 3.05) is 12.4 Å². The van der Waals surface area contributed by atoms with Crippen LogP contribution in [0.25, 0.3) is 11.4 Å². The topological polar surface area (TPSA) is 98.1 Å². The highest BCUT2D eigenvalue weighted by atomic mass is 32.2. The van der Waals surface area contributed by atoms with E-state index in [-0.39, 0.29) is 18.7 Å². The second kappa shape index (κ2) is 9.13. The molecule has 0 aliphatic carbocycles. The summed E-state index contributed by atoms with van der Waals surface area (Å²) in [6.07, 6.45) is 0.594. The fourth-order valence-corrected chi connectivity index (χ4v) is 4.09. The predicted octanol–water partition coefficient (Wildman–Crippen LogP) is 2.79. The Morgan fingerprint density at radius 3 is 2.72 bits per heavy atom. The van der Waals surface area contributed by atoms with Crippen molar-refractivity contribution >= 4 is 23.8 Å². The summed E-state index contributed by atoms with van der Waals surface area (Å²) in [5, 5.41) is 14.8. The Morgan fingerprint density at radius 1 is 1.28 bits per heavy atom. The van der Waals surface area contributed by atoms with Gasteiger partial charge in [-0.3, -0.25) is 0 Å². The minimum Gasteiger partial charge on any atom is -0.463 e. The third-order valence-corrected chi connectivity index (χ3v) is 5.76. The number of urea groups is 1. The van der Waals surface area contributed by atoms with Gasteiger partial charge in [-0.25, -0.2) is 9.59 Å². The van der Waals surface area contributed by atoms with E-state index in [4.69, 9.17) is 4.74 Å². The molecule has 0 saturated carbocycles. The van der Waals surface area contributed by atoms with Gasteiger partial charge in [0.2, 0.25) is 0 Å². The molecule has 0 unspecified atom stereocenters. The van der Waals surface area contributed by atoms with E-state index in [1.54, 1.807) is 6.92 Å². The number of aromatic nitrogens is 3. The number of thioether (sulfide) groups is 1. The van der Waals surface area contributed by atoms with Gasteiger partial charge in [0.25, 0.3) is 0 Å². The quantitative estimate of drug-likeness (QED) is 0.533. The normalized spacial score (nSPS) is 16.4. The highest BCUT2D eigenvalue weighted by Crippen LogP contribution is 2.27. The lowest BCUT2D eigenvalue weighted by Crippen LogP contribution is -2.50. The first kappa shape index (κ1) is 20.9. The van der Waals surface area contributed by atoms with Crippen molar-refractivity contribution in [3.63, 3.8) is 0 Å². The maximum atomic E-state index is 12.5. The standard InChI is InChI=1S/C20H25N5O3S/c1-5-14-16(18(26)28-6-2)15(22-19(27)21-14)11-29-20-24-23-17(25(20)4)13-10-8-7-9-12(13)3/h7-10,14H,5-6,11H2,1-4H3,(H2,21,22,27)/t14-/m0/s1. The number of carbonyl (C=O) groups excluding carboxylic acids is 2. The summed E-state index contributed by atoms with van der Waals surface area (Å²) >= 11 is 1.41. The van der Waals surface area contributed by atoms with Gasteiger partial charge in [-0.15, -0.1) is 10.2 Å². The van der Waals surface area contributed by atoms with E-state index in [2.05, 4.69) is 20.8 Å². The molecule has 0 radical (unpaired) electrons. The zero-order valence-corrected chi connectivity index (χ0v) is 17.8. The van der Waals surface area contributed by atoms with Crippen LogP contribution in [0.3, 0.4) is 0 Å². The lowest BCUT2D eigenvalue weighted by molar-refractivity contribution is -0.139. The molecular formula is C20H25N5O3S. The number of hydrogen-bond donors (Lipinski definition) is 2. The van der Waals surface area contributed by atoms with Gasteiger partial charge < -0.3 is 19.9 Å². The summed E-state index contributed by atoms with van der Waals surface area (Å²) in [6.45, 7) is 5.98. The van der Waals surface area contributed by atoms with Gasteiger partial charge in [0.1, 0.15) is 0 Å². The van der Waals surface area contributed by atoms with E-state index in [9.17, 15) is 9.59 Å². The molecule has 8 nitrogen and oxygen atoms in total. The molecular weight excluding hydrogens is 390 g/mol.